The summed E-state index contributed by atoms with van der Waals surface area (Å²) in [7, 11) is 0. The lowest BCUT2D eigenvalue weighted by molar-refractivity contribution is 0.669. The Morgan fingerprint density at radius 2 is 0.960 bits per heavy atom. The lowest BCUT2D eigenvalue weighted by Gasteiger charge is -2.11. The van der Waals surface area contributed by atoms with E-state index >= 15 is 0 Å². The van der Waals surface area contributed by atoms with E-state index in [9.17, 15) is 0 Å². The Balaban J connectivity index is 1.24. The topological polar surface area (TPSA) is 51.8 Å². The number of benzene rings is 7. The summed E-state index contributed by atoms with van der Waals surface area (Å²) in [5.74, 6) is 1.81. The van der Waals surface area contributed by atoms with E-state index < -0.39 is 0 Å². The van der Waals surface area contributed by atoms with Gasteiger partial charge >= 0.3 is 0 Å². The first-order valence-electron chi connectivity index (χ1n) is 16.6. The molecule has 0 aliphatic heterocycles. The van der Waals surface area contributed by atoms with Crippen molar-refractivity contribution < 1.29 is 4.42 Å². The van der Waals surface area contributed by atoms with E-state index in [4.69, 9.17) is 19.4 Å². The zero-order valence-electron chi connectivity index (χ0n) is 26.7. The highest BCUT2D eigenvalue weighted by Gasteiger charge is 2.21. The molecule has 0 aliphatic rings. The molecule has 10 aromatic rings. The molecular formula is C45H27N3OS. The van der Waals surface area contributed by atoms with Crippen LogP contribution in [0.4, 0.5) is 0 Å². The molecule has 50 heavy (non-hydrogen) atoms. The second-order valence-electron chi connectivity index (χ2n) is 12.4. The molecule has 3 heterocycles. The Bertz CT molecular complexity index is 2800. The van der Waals surface area contributed by atoms with E-state index in [0.29, 0.717) is 17.5 Å². The quantitative estimate of drug-likeness (QED) is 0.185. The van der Waals surface area contributed by atoms with Gasteiger partial charge < -0.3 is 4.42 Å². The summed E-state index contributed by atoms with van der Waals surface area (Å²) in [4.78, 5) is 15.0. The van der Waals surface area contributed by atoms with Gasteiger partial charge in [0.2, 0.25) is 0 Å². The molecule has 0 bridgehead atoms. The van der Waals surface area contributed by atoms with Crippen LogP contribution in [0.2, 0.25) is 0 Å². The van der Waals surface area contributed by atoms with Gasteiger partial charge in [-0.15, -0.1) is 11.3 Å². The van der Waals surface area contributed by atoms with Crippen molar-refractivity contribution in [3.63, 3.8) is 0 Å². The van der Waals surface area contributed by atoms with Gasteiger partial charge in [-0.3, -0.25) is 0 Å². The Morgan fingerprint density at radius 1 is 0.380 bits per heavy atom. The summed E-state index contributed by atoms with van der Waals surface area (Å²) in [6.45, 7) is 0. The first-order valence-corrected chi connectivity index (χ1v) is 17.4. The van der Waals surface area contributed by atoms with Gasteiger partial charge in [-0.25, -0.2) is 15.0 Å². The molecule has 4 nitrogen and oxygen atoms in total. The standard InChI is InChI=1S/C45H27N3OS/c1-4-14-28(15-5-1)31-26-36(41-33-20-10-11-25-38(33)50-39(41)27-31)32-21-13-24-37-40(32)34-22-12-23-35(42(34)49-37)45-47-43(29-16-6-2-7-17-29)46-44(48-45)30-18-8-3-9-19-30/h1-27H. The molecule has 0 unspecified atom stereocenters. The van der Waals surface area contributed by atoms with E-state index in [0.717, 1.165) is 44.2 Å². The van der Waals surface area contributed by atoms with Gasteiger partial charge in [0.15, 0.2) is 17.5 Å². The maximum absolute atomic E-state index is 6.79. The highest BCUT2D eigenvalue weighted by atomic mass is 32.1. The molecule has 0 N–H and O–H groups in total. The van der Waals surface area contributed by atoms with Gasteiger partial charge in [0, 0.05) is 42.1 Å². The number of thiophene rings is 1. The second-order valence-corrected chi connectivity index (χ2v) is 13.4. The first kappa shape index (κ1) is 28.6. The number of hydrogen-bond acceptors (Lipinski definition) is 5. The number of nitrogens with zero attached hydrogens (tertiary/aromatic N) is 3. The van der Waals surface area contributed by atoms with Crippen molar-refractivity contribution in [3.8, 4) is 56.4 Å². The molecule has 0 fully saturated rings. The maximum Gasteiger partial charge on any atom is 0.167 e. The number of rotatable bonds is 5. The van der Waals surface area contributed by atoms with Crippen LogP contribution in [0, 0.1) is 0 Å². The van der Waals surface area contributed by atoms with Crippen molar-refractivity contribution in [2.45, 2.75) is 0 Å². The summed E-state index contributed by atoms with van der Waals surface area (Å²) in [6, 6.07) is 56.8. The molecule has 5 heteroatoms. The number of furan rings is 1. The fraction of sp³-hybridized carbons (Fsp3) is 0. The lowest BCUT2D eigenvalue weighted by Crippen LogP contribution is -2.00. The Kier molecular flexibility index (Phi) is 6.64. The minimum absolute atomic E-state index is 0.571. The van der Waals surface area contributed by atoms with Crippen LogP contribution in [-0.4, -0.2) is 15.0 Å². The Labute approximate surface area is 292 Å². The van der Waals surface area contributed by atoms with Crippen molar-refractivity contribution in [1.29, 1.82) is 0 Å². The molecule has 7 aromatic carbocycles. The predicted molar refractivity (Wildman–Crippen MR) is 207 cm³/mol. The van der Waals surface area contributed by atoms with E-state index in [1.54, 1.807) is 0 Å². The van der Waals surface area contributed by atoms with Crippen molar-refractivity contribution in [2.24, 2.45) is 0 Å². The van der Waals surface area contributed by atoms with Gasteiger partial charge in [-0.1, -0.05) is 133 Å². The Morgan fingerprint density at radius 3 is 1.68 bits per heavy atom. The van der Waals surface area contributed by atoms with Crippen LogP contribution in [0.25, 0.3) is 98.5 Å². The molecule has 0 radical (unpaired) electrons. The van der Waals surface area contributed by atoms with Crippen LogP contribution in [-0.2, 0) is 0 Å². The maximum atomic E-state index is 6.79. The summed E-state index contributed by atoms with van der Waals surface area (Å²) in [5.41, 5.74) is 8.97. The third kappa shape index (κ3) is 4.71. The van der Waals surface area contributed by atoms with Gasteiger partial charge in [0.05, 0.1) is 5.56 Å². The first-order chi connectivity index (χ1) is 24.8. The SMILES string of the molecule is c1ccc(-c2cc(-c3cccc4oc5c(-c6nc(-c7ccccc7)nc(-c7ccccc7)n6)cccc5c34)c3c(c2)sc2ccccc23)cc1. The molecule has 0 aliphatic carbocycles. The van der Waals surface area contributed by atoms with Crippen LogP contribution in [0.5, 0.6) is 0 Å². The second kappa shape index (κ2) is 11.6. The molecular weight excluding hydrogens is 631 g/mol. The lowest BCUT2D eigenvalue weighted by atomic mass is 9.92. The summed E-state index contributed by atoms with van der Waals surface area (Å²) < 4.78 is 9.33. The average molecular weight is 658 g/mol. The van der Waals surface area contributed by atoms with Crippen molar-refractivity contribution in [3.05, 3.63) is 164 Å². The van der Waals surface area contributed by atoms with E-state index in [-0.39, 0.29) is 0 Å². The Hall–Kier alpha value is -6.43. The smallest absolute Gasteiger partial charge is 0.167 e. The normalized spacial score (nSPS) is 11.6. The van der Waals surface area contributed by atoms with Gasteiger partial charge in [-0.05, 0) is 52.6 Å². The zero-order valence-corrected chi connectivity index (χ0v) is 27.6. The van der Waals surface area contributed by atoms with Crippen molar-refractivity contribution in [1.82, 2.24) is 15.0 Å². The van der Waals surface area contributed by atoms with Crippen LogP contribution < -0.4 is 0 Å². The fourth-order valence-electron chi connectivity index (χ4n) is 7.04. The third-order valence-electron chi connectivity index (χ3n) is 9.34. The highest BCUT2D eigenvalue weighted by molar-refractivity contribution is 7.26. The largest absolute Gasteiger partial charge is 0.455 e. The molecule has 0 spiro atoms. The molecule has 234 valence electrons. The molecule has 0 saturated carbocycles. The zero-order chi connectivity index (χ0) is 33.0. The van der Waals surface area contributed by atoms with Crippen molar-refractivity contribution in [2.75, 3.05) is 0 Å². The van der Waals surface area contributed by atoms with Gasteiger partial charge in [-0.2, -0.15) is 0 Å². The van der Waals surface area contributed by atoms with Crippen LogP contribution >= 0.6 is 11.3 Å². The van der Waals surface area contributed by atoms with E-state index in [1.165, 1.54) is 36.9 Å². The number of para-hydroxylation sites is 1. The molecule has 3 aromatic heterocycles. The minimum atomic E-state index is 0.571. The number of fused-ring (bicyclic) bond motifs is 6. The summed E-state index contributed by atoms with van der Waals surface area (Å²) in [6.07, 6.45) is 0. The number of aromatic nitrogens is 3. The third-order valence-corrected chi connectivity index (χ3v) is 10.5. The van der Waals surface area contributed by atoms with Gasteiger partial charge in [0.1, 0.15) is 11.2 Å². The molecule has 0 saturated heterocycles. The molecule has 10 rings (SSSR count). The summed E-state index contributed by atoms with van der Waals surface area (Å²) >= 11 is 1.84. The van der Waals surface area contributed by atoms with Crippen LogP contribution in [0.15, 0.2) is 168 Å². The fourth-order valence-corrected chi connectivity index (χ4v) is 8.21. The van der Waals surface area contributed by atoms with Crippen LogP contribution in [0.1, 0.15) is 0 Å². The predicted octanol–water partition coefficient (Wildman–Crippen LogP) is 12.5. The minimum Gasteiger partial charge on any atom is -0.455 e. The van der Waals surface area contributed by atoms with E-state index in [2.05, 4.69) is 97.1 Å². The molecule has 0 atom stereocenters. The van der Waals surface area contributed by atoms with Crippen molar-refractivity contribution >= 4 is 53.4 Å². The molecule has 0 amide bonds. The van der Waals surface area contributed by atoms with E-state index in [1.807, 2.05) is 78.1 Å². The van der Waals surface area contributed by atoms with Gasteiger partial charge in [0.25, 0.3) is 0 Å². The van der Waals surface area contributed by atoms with Crippen LogP contribution in [0.3, 0.4) is 0 Å². The average Bonchev–Trinajstić information content (AvgIpc) is 3.77. The highest BCUT2D eigenvalue weighted by Crippen LogP contribution is 2.47. The summed E-state index contributed by atoms with van der Waals surface area (Å²) in [5, 5.41) is 4.63. The monoisotopic (exact) mass is 657 g/mol. The number of hydrogen-bond donors (Lipinski definition) is 0.